The number of ether oxygens (including phenoxy) is 2. The van der Waals surface area contributed by atoms with E-state index in [1.165, 1.54) is 0 Å². The van der Waals surface area contributed by atoms with Crippen molar-refractivity contribution in [3.63, 3.8) is 0 Å². The number of rotatable bonds is 3. The van der Waals surface area contributed by atoms with Crippen molar-refractivity contribution in [1.82, 2.24) is 0 Å². The molecule has 1 atom stereocenters. The maximum Gasteiger partial charge on any atom is 0.282 e. The summed E-state index contributed by atoms with van der Waals surface area (Å²) in [5, 5.41) is 2.27. The minimum Gasteiger partial charge on any atom is -0.489 e. The first-order chi connectivity index (χ1) is 8.83. The molecule has 0 radical (unpaired) electrons. The van der Waals surface area contributed by atoms with Crippen molar-refractivity contribution in [2.75, 3.05) is 13.2 Å². The van der Waals surface area contributed by atoms with Crippen LogP contribution in [0.4, 0.5) is 0 Å². The lowest BCUT2D eigenvalue weighted by Crippen LogP contribution is -2.24. The lowest BCUT2D eigenvalue weighted by atomic mass is 10.1. The fourth-order valence-corrected chi connectivity index (χ4v) is 2.03. The van der Waals surface area contributed by atoms with E-state index in [1.54, 1.807) is 0 Å². The summed E-state index contributed by atoms with van der Waals surface area (Å²) in [6, 6.07) is 14.4. The number of amidine groups is 1. The van der Waals surface area contributed by atoms with Gasteiger partial charge in [0.2, 0.25) is 0 Å². The highest BCUT2D eigenvalue weighted by molar-refractivity contribution is 5.88. The standard InChI is InChI=1S/C14H14N2O2/c15-14-16-8-11(18-14)9-17-13-7-3-5-10-4-1-2-6-12(10)13/h1-7,11H,8-9H2,(H2,15,16). The Bertz CT molecular complexity index is 590. The fraction of sp³-hybridized carbons (Fsp3) is 0.214. The van der Waals surface area contributed by atoms with Crippen LogP contribution in [-0.2, 0) is 4.74 Å². The normalized spacial score (nSPS) is 18.4. The van der Waals surface area contributed by atoms with E-state index in [2.05, 4.69) is 17.1 Å². The Labute approximate surface area is 105 Å². The van der Waals surface area contributed by atoms with Gasteiger partial charge >= 0.3 is 0 Å². The van der Waals surface area contributed by atoms with Crippen LogP contribution in [0.3, 0.4) is 0 Å². The molecule has 4 heteroatoms. The van der Waals surface area contributed by atoms with Crippen LogP contribution in [0.2, 0.25) is 0 Å². The summed E-state index contributed by atoms with van der Waals surface area (Å²) in [7, 11) is 0. The number of nitrogens with zero attached hydrogens (tertiary/aromatic N) is 1. The van der Waals surface area contributed by atoms with Crippen LogP contribution < -0.4 is 10.5 Å². The van der Waals surface area contributed by atoms with Crippen molar-refractivity contribution >= 4 is 16.8 Å². The SMILES string of the molecule is NC1=NCC(COc2cccc3ccccc23)O1. The van der Waals surface area contributed by atoms with Crippen LogP contribution in [0.25, 0.3) is 10.8 Å². The first-order valence-electron chi connectivity index (χ1n) is 5.90. The van der Waals surface area contributed by atoms with Crippen LogP contribution in [0, 0.1) is 0 Å². The van der Waals surface area contributed by atoms with Crippen molar-refractivity contribution in [3.8, 4) is 5.75 Å². The molecule has 18 heavy (non-hydrogen) atoms. The van der Waals surface area contributed by atoms with Crippen LogP contribution in [0.5, 0.6) is 5.75 Å². The molecular weight excluding hydrogens is 228 g/mol. The summed E-state index contributed by atoms with van der Waals surface area (Å²) in [6.07, 6.45) is -0.0797. The molecule has 1 aliphatic rings. The van der Waals surface area contributed by atoms with Gasteiger partial charge in [0.05, 0.1) is 6.54 Å². The van der Waals surface area contributed by atoms with Crippen LogP contribution >= 0.6 is 0 Å². The van der Waals surface area contributed by atoms with Crippen molar-refractivity contribution < 1.29 is 9.47 Å². The predicted octanol–water partition coefficient (Wildman–Crippen LogP) is 1.93. The molecule has 0 amide bonds. The highest BCUT2D eigenvalue weighted by atomic mass is 16.5. The number of aliphatic imine (C=N–C) groups is 1. The smallest absolute Gasteiger partial charge is 0.282 e. The Morgan fingerprint density at radius 2 is 2.06 bits per heavy atom. The van der Waals surface area contributed by atoms with Gasteiger partial charge in [0.15, 0.2) is 6.10 Å². The molecule has 0 aromatic heterocycles. The van der Waals surface area contributed by atoms with Gasteiger partial charge in [-0.2, -0.15) is 0 Å². The molecule has 0 aliphatic carbocycles. The molecule has 0 saturated heterocycles. The monoisotopic (exact) mass is 242 g/mol. The number of hydrogen-bond acceptors (Lipinski definition) is 4. The summed E-state index contributed by atoms with van der Waals surface area (Å²) in [5.41, 5.74) is 5.46. The predicted molar refractivity (Wildman–Crippen MR) is 70.8 cm³/mol. The molecule has 2 aromatic rings. The number of benzene rings is 2. The van der Waals surface area contributed by atoms with E-state index < -0.39 is 0 Å². The molecule has 92 valence electrons. The second-order valence-corrected chi connectivity index (χ2v) is 4.21. The average Bonchev–Trinajstić information content (AvgIpc) is 2.82. The van der Waals surface area contributed by atoms with Crippen molar-refractivity contribution in [2.24, 2.45) is 10.7 Å². The Kier molecular flexibility index (Phi) is 2.76. The lowest BCUT2D eigenvalue weighted by molar-refractivity contribution is 0.142. The molecule has 1 heterocycles. The van der Waals surface area contributed by atoms with Gasteiger partial charge in [0, 0.05) is 5.39 Å². The first kappa shape index (κ1) is 10.9. The molecule has 0 saturated carbocycles. The summed E-state index contributed by atoms with van der Waals surface area (Å²) in [5.74, 6) is 0.863. The van der Waals surface area contributed by atoms with E-state index in [-0.39, 0.29) is 12.1 Å². The van der Waals surface area contributed by atoms with Gasteiger partial charge < -0.3 is 15.2 Å². The molecule has 2 N–H and O–H groups in total. The van der Waals surface area contributed by atoms with Crippen LogP contribution in [-0.4, -0.2) is 25.3 Å². The van der Waals surface area contributed by atoms with Gasteiger partial charge in [-0.1, -0.05) is 36.4 Å². The number of fused-ring (bicyclic) bond motifs is 1. The molecule has 3 rings (SSSR count). The highest BCUT2D eigenvalue weighted by Crippen LogP contribution is 2.25. The zero-order chi connectivity index (χ0) is 12.4. The van der Waals surface area contributed by atoms with Gasteiger partial charge in [0.25, 0.3) is 6.02 Å². The maximum atomic E-state index is 5.80. The van der Waals surface area contributed by atoms with Crippen molar-refractivity contribution in [1.29, 1.82) is 0 Å². The molecule has 1 aliphatic heterocycles. The molecular formula is C14H14N2O2. The minimum absolute atomic E-state index is 0.0797. The zero-order valence-electron chi connectivity index (χ0n) is 9.87. The first-order valence-corrected chi connectivity index (χ1v) is 5.90. The van der Waals surface area contributed by atoms with Gasteiger partial charge in [-0.15, -0.1) is 0 Å². The van der Waals surface area contributed by atoms with E-state index in [1.807, 2.05) is 30.3 Å². The van der Waals surface area contributed by atoms with E-state index >= 15 is 0 Å². The topological polar surface area (TPSA) is 56.8 Å². The Morgan fingerprint density at radius 3 is 2.89 bits per heavy atom. The van der Waals surface area contributed by atoms with Gasteiger partial charge in [-0.25, -0.2) is 4.99 Å². The number of hydrogen-bond donors (Lipinski definition) is 1. The van der Waals surface area contributed by atoms with Crippen LogP contribution in [0.1, 0.15) is 0 Å². The van der Waals surface area contributed by atoms with E-state index in [0.29, 0.717) is 13.2 Å². The third-order valence-corrected chi connectivity index (χ3v) is 2.91. The average molecular weight is 242 g/mol. The van der Waals surface area contributed by atoms with E-state index in [0.717, 1.165) is 16.5 Å². The molecule has 0 bridgehead atoms. The van der Waals surface area contributed by atoms with Crippen molar-refractivity contribution in [3.05, 3.63) is 42.5 Å². The lowest BCUT2D eigenvalue weighted by Gasteiger charge is -2.13. The van der Waals surface area contributed by atoms with E-state index in [4.69, 9.17) is 15.2 Å². The fourth-order valence-electron chi connectivity index (χ4n) is 2.03. The Hall–Kier alpha value is -2.23. The second kappa shape index (κ2) is 4.56. The third kappa shape index (κ3) is 2.09. The quantitative estimate of drug-likeness (QED) is 0.894. The molecule has 2 aromatic carbocycles. The summed E-state index contributed by atoms with van der Waals surface area (Å²) < 4.78 is 11.1. The zero-order valence-corrected chi connectivity index (χ0v) is 9.87. The second-order valence-electron chi connectivity index (χ2n) is 4.21. The maximum absolute atomic E-state index is 5.80. The summed E-state index contributed by atoms with van der Waals surface area (Å²) in [4.78, 5) is 3.98. The Morgan fingerprint density at radius 1 is 1.22 bits per heavy atom. The molecule has 1 unspecified atom stereocenters. The van der Waals surface area contributed by atoms with Crippen molar-refractivity contribution in [2.45, 2.75) is 6.10 Å². The van der Waals surface area contributed by atoms with Gasteiger partial charge in [-0.05, 0) is 11.5 Å². The third-order valence-electron chi connectivity index (χ3n) is 2.91. The van der Waals surface area contributed by atoms with Gasteiger partial charge in [0.1, 0.15) is 12.4 Å². The molecule has 0 fully saturated rings. The molecule has 0 spiro atoms. The largest absolute Gasteiger partial charge is 0.489 e. The van der Waals surface area contributed by atoms with E-state index in [9.17, 15) is 0 Å². The number of nitrogens with two attached hydrogens (primary N) is 1. The highest BCUT2D eigenvalue weighted by Gasteiger charge is 2.18. The van der Waals surface area contributed by atoms with Gasteiger partial charge in [-0.3, -0.25) is 0 Å². The summed E-state index contributed by atoms with van der Waals surface area (Å²) >= 11 is 0. The van der Waals surface area contributed by atoms with Crippen LogP contribution in [0.15, 0.2) is 47.5 Å². The minimum atomic E-state index is -0.0797. The Balaban J connectivity index is 1.75. The summed E-state index contributed by atoms with van der Waals surface area (Å²) in [6.45, 7) is 1.02. The molecule has 4 nitrogen and oxygen atoms in total.